The summed E-state index contributed by atoms with van der Waals surface area (Å²) in [5, 5.41) is 8.41. The Bertz CT molecular complexity index is 1070. The van der Waals surface area contributed by atoms with Crippen LogP contribution in [0.4, 0.5) is 22.7 Å². The molecule has 0 fully saturated rings. The quantitative estimate of drug-likeness (QED) is 0.391. The fourth-order valence-corrected chi connectivity index (χ4v) is 3.59. The number of fused-ring (bicyclic) bond motifs is 1. The number of para-hydroxylation sites is 4. The summed E-state index contributed by atoms with van der Waals surface area (Å²) in [5.74, 6) is 0. The van der Waals surface area contributed by atoms with Crippen molar-refractivity contribution in [3.05, 3.63) is 90.1 Å². The maximum Gasteiger partial charge on any atom is 0.0936 e. The van der Waals surface area contributed by atoms with Crippen molar-refractivity contribution in [1.82, 2.24) is 4.98 Å². The molecule has 0 atom stereocenters. The molecule has 0 radical (unpaired) electrons. The highest BCUT2D eigenvalue weighted by Crippen LogP contribution is 2.33. The van der Waals surface area contributed by atoms with Gasteiger partial charge in [-0.15, -0.1) is 0 Å². The first-order valence-corrected chi connectivity index (χ1v) is 9.87. The standard InChI is InChI=1S/C25H25N3/c1-3-18-10-7-11-19(4-2)24(18)28-22-15-6-5-14-21(22)27-23-16-8-12-20-13-9-17-26-25(20)23/h5-17,27-28H,3-4H2,1-2H3. The second-order valence-corrected chi connectivity index (χ2v) is 6.83. The zero-order valence-electron chi connectivity index (χ0n) is 16.4. The van der Waals surface area contributed by atoms with Crippen molar-refractivity contribution in [1.29, 1.82) is 0 Å². The third-order valence-corrected chi connectivity index (χ3v) is 5.09. The molecule has 3 heteroatoms. The third-order valence-electron chi connectivity index (χ3n) is 5.09. The topological polar surface area (TPSA) is 37.0 Å². The first kappa shape index (κ1) is 18.1. The normalized spacial score (nSPS) is 10.8. The summed E-state index contributed by atoms with van der Waals surface area (Å²) in [5.41, 5.74) is 7.97. The van der Waals surface area contributed by atoms with Crippen LogP contribution in [0.5, 0.6) is 0 Å². The van der Waals surface area contributed by atoms with Gasteiger partial charge in [0.25, 0.3) is 0 Å². The number of anilines is 4. The second kappa shape index (κ2) is 8.13. The molecular weight excluding hydrogens is 342 g/mol. The highest BCUT2D eigenvalue weighted by molar-refractivity contribution is 5.93. The number of rotatable bonds is 6. The average Bonchev–Trinajstić information content (AvgIpc) is 2.75. The van der Waals surface area contributed by atoms with E-state index in [0.717, 1.165) is 40.8 Å². The average molecular weight is 367 g/mol. The summed E-state index contributed by atoms with van der Waals surface area (Å²) >= 11 is 0. The van der Waals surface area contributed by atoms with Gasteiger partial charge in [-0.2, -0.15) is 0 Å². The molecule has 0 bridgehead atoms. The van der Waals surface area contributed by atoms with Crippen molar-refractivity contribution in [2.75, 3.05) is 10.6 Å². The van der Waals surface area contributed by atoms with Crippen LogP contribution in [0.3, 0.4) is 0 Å². The number of benzene rings is 3. The van der Waals surface area contributed by atoms with E-state index in [1.165, 1.54) is 16.8 Å². The summed E-state index contributed by atoms with van der Waals surface area (Å²) in [6.07, 6.45) is 3.83. The summed E-state index contributed by atoms with van der Waals surface area (Å²) in [6, 6.07) is 25.2. The van der Waals surface area contributed by atoms with E-state index in [-0.39, 0.29) is 0 Å². The molecule has 4 rings (SSSR count). The Morgan fingerprint density at radius 3 is 1.96 bits per heavy atom. The number of nitrogens with one attached hydrogen (secondary N) is 2. The number of aromatic nitrogens is 1. The lowest BCUT2D eigenvalue weighted by Crippen LogP contribution is -2.03. The lowest BCUT2D eigenvalue weighted by Gasteiger charge is -2.19. The van der Waals surface area contributed by atoms with Gasteiger partial charge in [-0.1, -0.05) is 62.4 Å². The van der Waals surface area contributed by atoms with Gasteiger partial charge in [-0.25, -0.2) is 0 Å². The van der Waals surface area contributed by atoms with Crippen LogP contribution in [0.15, 0.2) is 79.0 Å². The van der Waals surface area contributed by atoms with Crippen LogP contribution in [0, 0.1) is 0 Å². The van der Waals surface area contributed by atoms with Crippen LogP contribution < -0.4 is 10.6 Å². The Morgan fingerprint density at radius 2 is 1.25 bits per heavy atom. The van der Waals surface area contributed by atoms with E-state index >= 15 is 0 Å². The molecule has 140 valence electrons. The van der Waals surface area contributed by atoms with E-state index in [0.29, 0.717) is 0 Å². The molecule has 0 spiro atoms. The van der Waals surface area contributed by atoms with Crippen LogP contribution in [-0.2, 0) is 12.8 Å². The van der Waals surface area contributed by atoms with Crippen molar-refractivity contribution in [2.24, 2.45) is 0 Å². The van der Waals surface area contributed by atoms with Crippen molar-refractivity contribution >= 4 is 33.7 Å². The molecule has 0 amide bonds. The van der Waals surface area contributed by atoms with Crippen LogP contribution in [0.2, 0.25) is 0 Å². The van der Waals surface area contributed by atoms with Crippen LogP contribution in [0.1, 0.15) is 25.0 Å². The first-order valence-electron chi connectivity index (χ1n) is 9.87. The van der Waals surface area contributed by atoms with Crippen molar-refractivity contribution in [2.45, 2.75) is 26.7 Å². The molecular formula is C25H25N3. The summed E-state index contributed by atoms with van der Waals surface area (Å²) in [4.78, 5) is 4.56. The molecule has 28 heavy (non-hydrogen) atoms. The zero-order valence-corrected chi connectivity index (χ0v) is 16.4. The second-order valence-electron chi connectivity index (χ2n) is 6.83. The van der Waals surface area contributed by atoms with Crippen molar-refractivity contribution in [3.8, 4) is 0 Å². The molecule has 0 aliphatic carbocycles. The van der Waals surface area contributed by atoms with Crippen LogP contribution in [0.25, 0.3) is 10.9 Å². The zero-order chi connectivity index (χ0) is 19.3. The largest absolute Gasteiger partial charge is 0.353 e. The van der Waals surface area contributed by atoms with Crippen LogP contribution in [-0.4, -0.2) is 4.98 Å². The predicted octanol–water partition coefficient (Wildman–Crippen LogP) is 6.85. The molecule has 1 aromatic heterocycles. The Kier molecular flexibility index (Phi) is 5.24. The van der Waals surface area contributed by atoms with E-state index in [2.05, 4.69) is 96.2 Å². The molecule has 0 unspecified atom stereocenters. The van der Waals surface area contributed by atoms with E-state index in [4.69, 9.17) is 0 Å². The molecule has 0 saturated carbocycles. The van der Waals surface area contributed by atoms with E-state index in [1.807, 2.05) is 12.3 Å². The van der Waals surface area contributed by atoms with Crippen molar-refractivity contribution in [3.63, 3.8) is 0 Å². The maximum absolute atomic E-state index is 4.56. The minimum atomic E-state index is 0.975. The number of hydrogen-bond donors (Lipinski definition) is 2. The predicted molar refractivity (Wildman–Crippen MR) is 120 cm³/mol. The fourth-order valence-electron chi connectivity index (χ4n) is 3.59. The van der Waals surface area contributed by atoms with Gasteiger partial charge >= 0.3 is 0 Å². The number of aryl methyl sites for hydroxylation is 2. The third kappa shape index (κ3) is 3.56. The van der Waals surface area contributed by atoms with Gasteiger partial charge in [-0.05, 0) is 48.2 Å². The molecule has 3 aromatic carbocycles. The van der Waals surface area contributed by atoms with Crippen LogP contribution >= 0.6 is 0 Å². The highest BCUT2D eigenvalue weighted by Gasteiger charge is 2.10. The minimum Gasteiger partial charge on any atom is -0.353 e. The number of pyridine rings is 1. The van der Waals surface area contributed by atoms with Gasteiger partial charge in [0.15, 0.2) is 0 Å². The van der Waals surface area contributed by atoms with Crippen molar-refractivity contribution < 1.29 is 0 Å². The lowest BCUT2D eigenvalue weighted by molar-refractivity contribution is 1.09. The Morgan fingerprint density at radius 1 is 0.643 bits per heavy atom. The minimum absolute atomic E-state index is 0.975. The number of nitrogens with zero attached hydrogens (tertiary/aromatic N) is 1. The summed E-state index contributed by atoms with van der Waals surface area (Å²) in [7, 11) is 0. The molecule has 4 aromatic rings. The van der Waals surface area contributed by atoms with E-state index in [9.17, 15) is 0 Å². The van der Waals surface area contributed by atoms with Gasteiger partial charge in [0, 0.05) is 17.3 Å². The SMILES string of the molecule is CCc1cccc(CC)c1Nc1ccccc1Nc1cccc2cccnc12. The van der Waals surface area contributed by atoms with Gasteiger partial charge in [0.05, 0.1) is 22.6 Å². The Hall–Kier alpha value is -3.33. The number of hydrogen-bond acceptors (Lipinski definition) is 3. The van der Waals surface area contributed by atoms with Gasteiger partial charge in [0.2, 0.25) is 0 Å². The van der Waals surface area contributed by atoms with Gasteiger partial charge in [-0.3, -0.25) is 4.98 Å². The fraction of sp³-hybridized carbons (Fsp3) is 0.160. The Balaban J connectivity index is 1.73. The van der Waals surface area contributed by atoms with Gasteiger partial charge < -0.3 is 10.6 Å². The Labute approximate surface area is 166 Å². The molecule has 0 aliphatic heterocycles. The summed E-state index contributed by atoms with van der Waals surface area (Å²) in [6.45, 7) is 4.40. The highest BCUT2D eigenvalue weighted by atomic mass is 15.0. The monoisotopic (exact) mass is 367 g/mol. The molecule has 0 saturated heterocycles. The first-order chi connectivity index (χ1) is 13.8. The molecule has 1 heterocycles. The molecule has 2 N–H and O–H groups in total. The van der Waals surface area contributed by atoms with Gasteiger partial charge in [0.1, 0.15) is 0 Å². The molecule has 0 aliphatic rings. The summed E-state index contributed by atoms with van der Waals surface area (Å²) < 4.78 is 0. The lowest BCUT2D eigenvalue weighted by atomic mass is 10.0. The van der Waals surface area contributed by atoms with E-state index in [1.54, 1.807) is 0 Å². The maximum atomic E-state index is 4.56. The van der Waals surface area contributed by atoms with E-state index < -0.39 is 0 Å². The smallest absolute Gasteiger partial charge is 0.0936 e. The molecule has 3 nitrogen and oxygen atoms in total.